The quantitative estimate of drug-likeness (QED) is 0.735. The van der Waals surface area contributed by atoms with Crippen LogP contribution in [-0.2, 0) is 6.42 Å². The molecule has 10 heavy (non-hydrogen) atoms. The highest BCUT2D eigenvalue weighted by Gasteiger charge is 1.91. The Balaban J connectivity index is 2.75. The molecule has 1 aromatic rings. The van der Waals surface area contributed by atoms with E-state index >= 15 is 0 Å². The van der Waals surface area contributed by atoms with Crippen LogP contribution in [0.3, 0.4) is 0 Å². The molecule has 0 bridgehead atoms. The maximum absolute atomic E-state index is 8.57. The molecule has 1 N–H and O–H groups in total. The van der Waals surface area contributed by atoms with Crippen LogP contribution in [0, 0.1) is 0 Å². The van der Waals surface area contributed by atoms with Crippen molar-refractivity contribution in [2.75, 3.05) is 6.61 Å². The van der Waals surface area contributed by atoms with E-state index in [0.29, 0.717) is 6.42 Å². The van der Waals surface area contributed by atoms with Crippen LogP contribution in [0.25, 0.3) is 0 Å². The van der Waals surface area contributed by atoms with Gasteiger partial charge in [-0.05, 0) is 40.0 Å². The van der Waals surface area contributed by atoms with Gasteiger partial charge >= 0.3 is 0 Å². The van der Waals surface area contributed by atoms with Crippen LogP contribution in [0.2, 0.25) is 0 Å². The Morgan fingerprint density at radius 3 is 3.00 bits per heavy atom. The van der Waals surface area contributed by atoms with Gasteiger partial charge in [-0.3, -0.25) is 0 Å². The summed E-state index contributed by atoms with van der Waals surface area (Å²) in [5.41, 5.74) is 1.10. The predicted molar refractivity (Wildman–Crippen MR) is 42.7 cm³/mol. The summed E-state index contributed by atoms with van der Waals surface area (Å²) in [6.07, 6.45) is 2.41. The zero-order chi connectivity index (χ0) is 7.40. The highest BCUT2D eigenvalue weighted by atomic mass is 79.9. The summed E-state index contributed by atoms with van der Waals surface area (Å²) in [7, 11) is 0. The predicted octanol–water partition coefficient (Wildman–Crippen LogP) is 1.38. The van der Waals surface area contributed by atoms with E-state index in [1.54, 1.807) is 6.20 Å². The monoisotopic (exact) mass is 201 g/mol. The molecule has 1 aromatic heterocycles. The molecule has 2 nitrogen and oxygen atoms in total. The number of pyridine rings is 1. The number of nitrogens with zero attached hydrogens (tertiary/aromatic N) is 1. The normalized spacial score (nSPS) is 9.80. The first-order valence-corrected chi connectivity index (χ1v) is 3.83. The molecule has 0 fully saturated rings. The molecule has 0 spiro atoms. The second-order valence-electron chi connectivity index (χ2n) is 1.96. The minimum Gasteiger partial charge on any atom is -0.396 e. The number of aliphatic hydroxyl groups is 1. The van der Waals surface area contributed by atoms with E-state index in [2.05, 4.69) is 20.9 Å². The van der Waals surface area contributed by atoms with E-state index < -0.39 is 0 Å². The van der Waals surface area contributed by atoms with E-state index in [1.165, 1.54) is 0 Å². The van der Waals surface area contributed by atoms with Gasteiger partial charge in [0.1, 0.15) is 4.60 Å². The van der Waals surface area contributed by atoms with Crippen LogP contribution < -0.4 is 0 Å². The minimum absolute atomic E-state index is 0.191. The molecule has 0 aliphatic heterocycles. The van der Waals surface area contributed by atoms with Crippen LogP contribution in [-0.4, -0.2) is 16.7 Å². The number of aromatic nitrogens is 1. The topological polar surface area (TPSA) is 33.1 Å². The fourth-order valence-electron chi connectivity index (χ4n) is 0.727. The van der Waals surface area contributed by atoms with Gasteiger partial charge in [0.2, 0.25) is 0 Å². The van der Waals surface area contributed by atoms with Crippen molar-refractivity contribution >= 4 is 15.9 Å². The van der Waals surface area contributed by atoms with Gasteiger partial charge in [-0.1, -0.05) is 0 Å². The molecule has 0 amide bonds. The fourth-order valence-corrected chi connectivity index (χ4v) is 1.14. The van der Waals surface area contributed by atoms with Crippen molar-refractivity contribution in [3.8, 4) is 0 Å². The lowest BCUT2D eigenvalue weighted by atomic mass is 10.2. The van der Waals surface area contributed by atoms with Gasteiger partial charge in [-0.2, -0.15) is 0 Å². The number of halogens is 1. The first kappa shape index (κ1) is 7.69. The van der Waals surface area contributed by atoms with Gasteiger partial charge < -0.3 is 5.11 Å². The average Bonchev–Trinajstić information content (AvgIpc) is 1.88. The zero-order valence-corrected chi connectivity index (χ0v) is 7.00. The van der Waals surface area contributed by atoms with Gasteiger partial charge in [0, 0.05) is 12.8 Å². The largest absolute Gasteiger partial charge is 0.396 e. The third kappa shape index (κ3) is 2.08. The van der Waals surface area contributed by atoms with Crippen molar-refractivity contribution in [1.29, 1.82) is 0 Å². The van der Waals surface area contributed by atoms with E-state index in [1.807, 2.05) is 12.1 Å². The van der Waals surface area contributed by atoms with Crippen molar-refractivity contribution in [3.05, 3.63) is 28.5 Å². The van der Waals surface area contributed by atoms with Gasteiger partial charge in [0.15, 0.2) is 0 Å². The Kier molecular flexibility index (Phi) is 2.83. The maximum Gasteiger partial charge on any atom is 0.106 e. The van der Waals surface area contributed by atoms with E-state index in [-0.39, 0.29) is 6.61 Å². The summed E-state index contributed by atoms with van der Waals surface area (Å²) >= 11 is 3.24. The Morgan fingerprint density at radius 2 is 2.40 bits per heavy atom. The zero-order valence-electron chi connectivity index (χ0n) is 5.42. The van der Waals surface area contributed by atoms with Crippen LogP contribution in [0.5, 0.6) is 0 Å². The summed E-state index contributed by atoms with van der Waals surface area (Å²) in [5, 5.41) is 8.57. The summed E-state index contributed by atoms with van der Waals surface area (Å²) in [4.78, 5) is 3.96. The molecule has 0 aliphatic carbocycles. The van der Waals surface area contributed by atoms with Crippen LogP contribution in [0.4, 0.5) is 0 Å². The lowest BCUT2D eigenvalue weighted by molar-refractivity contribution is 0.299. The SMILES string of the molecule is OCCc1ccnc(Br)c1. The van der Waals surface area contributed by atoms with E-state index in [0.717, 1.165) is 10.2 Å². The lowest BCUT2D eigenvalue weighted by Crippen LogP contribution is -1.90. The first-order chi connectivity index (χ1) is 4.83. The average molecular weight is 202 g/mol. The summed E-state index contributed by atoms with van der Waals surface area (Å²) in [5.74, 6) is 0. The molecule has 3 heteroatoms. The van der Waals surface area contributed by atoms with Gasteiger partial charge in [-0.25, -0.2) is 4.98 Å². The molecule has 1 rings (SSSR count). The molecule has 54 valence electrons. The Morgan fingerprint density at radius 1 is 1.60 bits per heavy atom. The van der Waals surface area contributed by atoms with Crippen molar-refractivity contribution in [3.63, 3.8) is 0 Å². The molecule has 0 radical (unpaired) electrons. The molecule has 0 saturated carbocycles. The molecule has 1 heterocycles. The van der Waals surface area contributed by atoms with Crippen LogP contribution in [0.1, 0.15) is 5.56 Å². The van der Waals surface area contributed by atoms with Crippen LogP contribution >= 0.6 is 15.9 Å². The lowest BCUT2D eigenvalue weighted by Gasteiger charge is -1.95. The third-order valence-electron chi connectivity index (χ3n) is 1.19. The number of hydrogen-bond acceptors (Lipinski definition) is 2. The van der Waals surface area contributed by atoms with Crippen molar-refractivity contribution in [2.24, 2.45) is 0 Å². The fraction of sp³-hybridized carbons (Fsp3) is 0.286. The molecule has 0 saturated heterocycles. The second kappa shape index (κ2) is 3.68. The summed E-state index contributed by atoms with van der Waals surface area (Å²) in [6, 6.07) is 3.79. The molecular weight excluding hydrogens is 194 g/mol. The van der Waals surface area contributed by atoms with Crippen molar-refractivity contribution < 1.29 is 5.11 Å². The van der Waals surface area contributed by atoms with Crippen molar-refractivity contribution in [1.82, 2.24) is 4.98 Å². The molecule has 0 aromatic carbocycles. The highest BCUT2D eigenvalue weighted by Crippen LogP contribution is 2.07. The minimum atomic E-state index is 0.191. The summed E-state index contributed by atoms with van der Waals surface area (Å²) in [6.45, 7) is 0.191. The molecule has 0 unspecified atom stereocenters. The van der Waals surface area contributed by atoms with E-state index in [4.69, 9.17) is 5.11 Å². The number of aliphatic hydroxyl groups excluding tert-OH is 1. The van der Waals surface area contributed by atoms with Crippen LogP contribution in [0.15, 0.2) is 22.9 Å². The Bertz CT molecular complexity index is 215. The number of hydrogen-bond donors (Lipinski definition) is 1. The Hall–Kier alpha value is -0.410. The van der Waals surface area contributed by atoms with Gasteiger partial charge in [0.05, 0.1) is 0 Å². The van der Waals surface area contributed by atoms with E-state index in [9.17, 15) is 0 Å². The summed E-state index contributed by atoms with van der Waals surface area (Å²) < 4.78 is 0.818. The molecular formula is C7H8BrNO. The Labute approximate surface area is 68.0 Å². The van der Waals surface area contributed by atoms with Gasteiger partial charge in [-0.15, -0.1) is 0 Å². The highest BCUT2D eigenvalue weighted by molar-refractivity contribution is 9.10. The maximum atomic E-state index is 8.57. The number of rotatable bonds is 2. The second-order valence-corrected chi connectivity index (χ2v) is 2.77. The first-order valence-electron chi connectivity index (χ1n) is 3.04. The van der Waals surface area contributed by atoms with Gasteiger partial charge in [0.25, 0.3) is 0 Å². The smallest absolute Gasteiger partial charge is 0.106 e. The third-order valence-corrected chi connectivity index (χ3v) is 1.63. The molecule has 0 aliphatic rings. The molecule has 0 atom stereocenters. The standard InChI is InChI=1S/C7H8BrNO/c8-7-5-6(2-4-10)1-3-9-7/h1,3,5,10H,2,4H2. The van der Waals surface area contributed by atoms with Crippen molar-refractivity contribution in [2.45, 2.75) is 6.42 Å².